The van der Waals surface area contributed by atoms with Gasteiger partial charge in [-0.3, -0.25) is 0 Å². The van der Waals surface area contributed by atoms with Crippen LogP contribution in [0.25, 0.3) is 0 Å². The van der Waals surface area contributed by atoms with Crippen molar-refractivity contribution in [3.63, 3.8) is 0 Å². The van der Waals surface area contributed by atoms with Gasteiger partial charge in [0.15, 0.2) is 0 Å². The number of hydrogen-bond donors (Lipinski definition) is 3. The van der Waals surface area contributed by atoms with E-state index in [9.17, 15) is 0 Å². The molecule has 1 fully saturated rings. The zero-order valence-corrected chi connectivity index (χ0v) is 12.0. The first-order valence-electron chi connectivity index (χ1n) is 6.72. The van der Waals surface area contributed by atoms with Crippen molar-refractivity contribution in [1.29, 1.82) is 0 Å². The minimum absolute atomic E-state index is 0.239. The third-order valence-electron chi connectivity index (χ3n) is 3.24. The molecule has 1 aliphatic rings. The molecule has 1 saturated heterocycles. The van der Waals surface area contributed by atoms with Crippen LogP contribution in [0.5, 0.6) is 0 Å². The predicted molar refractivity (Wildman–Crippen MR) is 78.9 cm³/mol. The van der Waals surface area contributed by atoms with Gasteiger partial charge in [0.05, 0.1) is 0 Å². The fourth-order valence-electron chi connectivity index (χ4n) is 2.57. The molecule has 2 rings (SSSR count). The Hall–Kier alpha value is -1.56. The van der Waals surface area contributed by atoms with Crippen molar-refractivity contribution < 1.29 is 0 Å². The van der Waals surface area contributed by atoms with E-state index in [1.54, 1.807) is 6.07 Å². The molecule has 1 aromatic rings. The summed E-state index contributed by atoms with van der Waals surface area (Å²) < 4.78 is 0. The fraction of sp³-hybridized carbons (Fsp3) is 0.692. The Bertz CT molecular complexity index is 419. The highest BCUT2D eigenvalue weighted by molar-refractivity contribution is 5.51. The average molecular weight is 264 g/mol. The first-order chi connectivity index (χ1) is 8.85. The van der Waals surface area contributed by atoms with Crippen LogP contribution in [0.1, 0.15) is 27.2 Å². The van der Waals surface area contributed by atoms with E-state index in [1.807, 2.05) is 0 Å². The zero-order chi connectivity index (χ0) is 14.0. The number of nitrogens with one attached hydrogen (secondary N) is 1. The molecule has 1 atom stereocenters. The number of piperazine rings is 1. The summed E-state index contributed by atoms with van der Waals surface area (Å²) in [5, 5.41) is 3.44. The van der Waals surface area contributed by atoms with Gasteiger partial charge in [0.25, 0.3) is 0 Å². The summed E-state index contributed by atoms with van der Waals surface area (Å²) in [5.41, 5.74) is 11.7. The van der Waals surface area contributed by atoms with Crippen molar-refractivity contribution in [1.82, 2.24) is 15.3 Å². The number of nitrogens with two attached hydrogens (primary N) is 2. The molecule has 0 amide bonds. The van der Waals surface area contributed by atoms with Crippen molar-refractivity contribution in [2.75, 3.05) is 36.0 Å². The van der Waals surface area contributed by atoms with E-state index < -0.39 is 0 Å². The maximum atomic E-state index is 5.77. The van der Waals surface area contributed by atoms with Crippen LogP contribution in [0.4, 0.5) is 17.6 Å². The van der Waals surface area contributed by atoms with Gasteiger partial charge in [-0.25, -0.2) is 0 Å². The van der Waals surface area contributed by atoms with Crippen LogP contribution >= 0.6 is 0 Å². The molecule has 2 heterocycles. The zero-order valence-electron chi connectivity index (χ0n) is 12.0. The van der Waals surface area contributed by atoms with Gasteiger partial charge in [0, 0.05) is 31.7 Å². The summed E-state index contributed by atoms with van der Waals surface area (Å²) in [4.78, 5) is 10.5. The Labute approximate surface area is 114 Å². The second kappa shape index (κ2) is 5.21. The van der Waals surface area contributed by atoms with E-state index in [4.69, 9.17) is 11.5 Å². The molecule has 6 nitrogen and oxygen atoms in total. The summed E-state index contributed by atoms with van der Waals surface area (Å²) in [6.45, 7) is 9.58. The van der Waals surface area contributed by atoms with E-state index in [0.717, 1.165) is 31.9 Å². The molecule has 0 aromatic carbocycles. The van der Waals surface area contributed by atoms with Crippen molar-refractivity contribution >= 4 is 17.6 Å². The summed E-state index contributed by atoms with van der Waals surface area (Å²) in [5.74, 6) is 1.50. The van der Waals surface area contributed by atoms with Crippen LogP contribution in [0.15, 0.2) is 6.07 Å². The van der Waals surface area contributed by atoms with E-state index in [0.29, 0.717) is 11.9 Å². The SMILES string of the molecule is CC(C)(C)CC1CNCCN1c1cc(N)nc(N)n1. The molecular formula is C13H24N6. The van der Waals surface area contributed by atoms with Gasteiger partial charge in [0.1, 0.15) is 11.6 Å². The fourth-order valence-corrected chi connectivity index (χ4v) is 2.57. The Morgan fingerprint density at radius 2 is 2.11 bits per heavy atom. The van der Waals surface area contributed by atoms with Gasteiger partial charge in [-0.05, 0) is 11.8 Å². The molecule has 0 radical (unpaired) electrons. The second-order valence-electron chi connectivity index (χ2n) is 6.33. The quantitative estimate of drug-likeness (QED) is 0.733. The summed E-state index contributed by atoms with van der Waals surface area (Å²) in [6, 6.07) is 2.21. The van der Waals surface area contributed by atoms with Crippen LogP contribution < -0.4 is 21.7 Å². The lowest BCUT2D eigenvalue weighted by Gasteiger charge is -2.40. The number of hydrogen-bond acceptors (Lipinski definition) is 6. The molecule has 1 aliphatic heterocycles. The molecule has 6 heteroatoms. The van der Waals surface area contributed by atoms with Crippen molar-refractivity contribution in [3.05, 3.63) is 6.07 Å². The van der Waals surface area contributed by atoms with E-state index in [1.165, 1.54) is 0 Å². The molecule has 0 spiro atoms. The topological polar surface area (TPSA) is 93.1 Å². The lowest BCUT2D eigenvalue weighted by molar-refractivity contribution is 0.308. The first-order valence-corrected chi connectivity index (χ1v) is 6.72. The maximum Gasteiger partial charge on any atom is 0.223 e. The van der Waals surface area contributed by atoms with Gasteiger partial charge in [0.2, 0.25) is 5.95 Å². The Morgan fingerprint density at radius 3 is 2.74 bits per heavy atom. The number of nitrogens with zero attached hydrogens (tertiary/aromatic N) is 3. The molecule has 0 saturated carbocycles. The van der Waals surface area contributed by atoms with Crippen LogP contribution in [0.3, 0.4) is 0 Å². The van der Waals surface area contributed by atoms with E-state index in [2.05, 4.69) is 41.0 Å². The van der Waals surface area contributed by atoms with Gasteiger partial charge < -0.3 is 21.7 Å². The lowest BCUT2D eigenvalue weighted by Crippen LogP contribution is -2.53. The van der Waals surface area contributed by atoms with Crippen molar-refractivity contribution in [3.8, 4) is 0 Å². The number of anilines is 3. The van der Waals surface area contributed by atoms with Crippen molar-refractivity contribution in [2.24, 2.45) is 5.41 Å². The lowest BCUT2D eigenvalue weighted by atomic mass is 9.87. The molecule has 106 valence electrons. The van der Waals surface area contributed by atoms with Crippen molar-refractivity contribution in [2.45, 2.75) is 33.2 Å². The van der Waals surface area contributed by atoms with Gasteiger partial charge in [-0.15, -0.1) is 0 Å². The highest BCUT2D eigenvalue weighted by Crippen LogP contribution is 2.27. The van der Waals surface area contributed by atoms with Gasteiger partial charge in [-0.2, -0.15) is 9.97 Å². The third-order valence-corrected chi connectivity index (χ3v) is 3.24. The van der Waals surface area contributed by atoms with E-state index >= 15 is 0 Å². The standard InChI is InChI=1S/C13H24N6/c1-13(2,3)7-9-8-16-4-5-19(9)11-6-10(14)17-12(15)18-11/h6,9,16H,4-5,7-8H2,1-3H3,(H4,14,15,17,18). The normalized spacial score (nSPS) is 20.6. The Morgan fingerprint density at radius 1 is 1.37 bits per heavy atom. The number of rotatable bonds is 2. The largest absolute Gasteiger partial charge is 0.383 e. The summed E-state index contributed by atoms with van der Waals surface area (Å²) in [6.07, 6.45) is 1.09. The average Bonchev–Trinajstić information content (AvgIpc) is 2.26. The first kappa shape index (κ1) is 13.9. The van der Waals surface area contributed by atoms with E-state index in [-0.39, 0.29) is 11.4 Å². The van der Waals surface area contributed by atoms with Crippen LogP contribution in [0, 0.1) is 5.41 Å². The monoisotopic (exact) mass is 264 g/mol. The summed E-state index contributed by atoms with van der Waals surface area (Å²) >= 11 is 0. The van der Waals surface area contributed by atoms with Gasteiger partial charge in [-0.1, -0.05) is 20.8 Å². The highest BCUT2D eigenvalue weighted by Gasteiger charge is 2.28. The number of aromatic nitrogens is 2. The Kier molecular flexibility index (Phi) is 3.80. The second-order valence-corrected chi connectivity index (χ2v) is 6.33. The molecule has 19 heavy (non-hydrogen) atoms. The number of nitrogen functional groups attached to an aromatic ring is 2. The minimum atomic E-state index is 0.239. The molecule has 0 bridgehead atoms. The Balaban J connectivity index is 2.23. The summed E-state index contributed by atoms with van der Waals surface area (Å²) in [7, 11) is 0. The molecular weight excluding hydrogens is 240 g/mol. The van der Waals surface area contributed by atoms with Crippen LogP contribution in [-0.2, 0) is 0 Å². The molecule has 1 unspecified atom stereocenters. The molecule has 1 aromatic heterocycles. The predicted octanol–water partition coefficient (Wildman–Crippen LogP) is 0.855. The highest BCUT2D eigenvalue weighted by atomic mass is 15.3. The van der Waals surface area contributed by atoms with Crippen LogP contribution in [0.2, 0.25) is 0 Å². The molecule has 0 aliphatic carbocycles. The maximum absolute atomic E-state index is 5.77. The van der Waals surface area contributed by atoms with Gasteiger partial charge >= 0.3 is 0 Å². The van der Waals surface area contributed by atoms with Crippen LogP contribution in [-0.4, -0.2) is 35.6 Å². The molecule has 5 N–H and O–H groups in total. The minimum Gasteiger partial charge on any atom is -0.383 e. The third kappa shape index (κ3) is 3.70. The smallest absolute Gasteiger partial charge is 0.223 e.